The fourth-order valence-corrected chi connectivity index (χ4v) is 0. The molecule has 0 saturated carbocycles. The second-order valence-corrected chi connectivity index (χ2v) is 2.73. The first kappa shape index (κ1) is 8.92. The highest BCUT2D eigenvalue weighted by atomic mass is 35.7. The van der Waals surface area contributed by atoms with Crippen molar-refractivity contribution in [2.24, 2.45) is 0 Å². The maximum atomic E-state index is 4.90. The maximum absolute atomic E-state index is 4.90. The van der Waals surface area contributed by atoms with E-state index in [2.05, 4.69) is 0 Å². The van der Waals surface area contributed by atoms with Crippen molar-refractivity contribution in [2.75, 3.05) is 0 Å². The topological polar surface area (TPSA) is 0 Å². The fourth-order valence-electron chi connectivity index (χ4n) is 0. The van der Waals surface area contributed by atoms with Gasteiger partial charge in [0.2, 0.25) is 8.14 Å². The summed E-state index contributed by atoms with van der Waals surface area (Å²) >= 11 is 9.81. The minimum Gasteiger partial charge on any atom is -1.00 e. The highest BCUT2D eigenvalue weighted by Crippen LogP contribution is 1.67. The van der Waals surface area contributed by atoms with Crippen LogP contribution in [0.4, 0.5) is 0 Å². The molecular formula is H3Cl3Si. The summed E-state index contributed by atoms with van der Waals surface area (Å²) in [6.45, 7) is 0. The predicted octanol–water partition coefficient (Wildman–Crippen LogP) is -2.42. The Kier molecular flexibility index (Phi) is 19.9. The Balaban J connectivity index is -0.0000000200. The van der Waals surface area contributed by atoms with E-state index in [1.54, 1.807) is 0 Å². The quantitative estimate of drug-likeness (QED) is 0.258. The van der Waals surface area contributed by atoms with Gasteiger partial charge in [0, 0.05) is 0 Å². The van der Waals surface area contributed by atoms with Gasteiger partial charge in [0.25, 0.3) is 0 Å². The van der Waals surface area contributed by atoms with Crippen LogP contribution in [0, 0.1) is 0 Å². The van der Waals surface area contributed by atoms with Crippen LogP contribution in [-0.4, -0.2) is 8.14 Å². The monoisotopic (exact) mass is 136 g/mol. The van der Waals surface area contributed by atoms with Crippen LogP contribution < -0.4 is 12.4 Å². The lowest BCUT2D eigenvalue weighted by atomic mass is 27.8. The van der Waals surface area contributed by atoms with E-state index in [4.69, 9.17) is 22.2 Å². The third-order valence-corrected chi connectivity index (χ3v) is 0. The van der Waals surface area contributed by atoms with Crippen molar-refractivity contribution in [3.05, 3.63) is 0 Å². The van der Waals surface area contributed by atoms with Gasteiger partial charge in [0.1, 0.15) is 0 Å². The van der Waals surface area contributed by atoms with Crippen LogP contribution in [-0.2, 0) is 0 Å². The molecule has 28 valence electrons. The molecule has 0 aliphatic heterocycles. The number of hydrogen-bond acceptors (Lipinski definition) is 0. The van der Waals surface area contributed by atoms with Crippen molar-refractivity contribution in [3.8, 4) is 0 Å². The minimum absolute atomic E-state index is 0. The molecule has 0 bridgehead atoms. The van der Waals surface area contributed by atoms with E-state index in [-0.39, 0.29) is 13.8 Å². The molecule has 0 heterocycles. The molecule has 0 aromatic carbocycles. The van der Waals surface area contributed by atoms with E-state index in [1.165, 1.54) is 0 Å². The third-order valence-electron chi connectivity index (χ3n) is 0. The van der Waals surface area contributed by atoms with Gasteiger partial charge in [-0.1, -0.05) is 0 Å². The maximum Gasteiger partial charge on any atom is 1.00 e. The van der Waals surface area contributed by atoms with E-state index >= 15 is 0 Å². The van der Waals surface area contributed by atoms with Gasteiger partial charge in [0.05, 0.1) is 0 Å². The van der Waals surface area contributed by atoms with Crippen molar-refractivity contribution < 1.29 is 13.8 Å². The Morgan fingerprint density at radius 1 is 1.50 bits per heavy atom. The summed E-state index contributed by atoms with van der Waals surface area (Å²) in [6.07, 6.45) is 0. The summed E-state index contributed by atoms with van der Waals surface area (Å²) in [7, 11) is -0.639. The highest BCUT2D eigenvalue weighted by Gasteiger charge is 1.46. The number of rotatable bonds is 0. The zero-order valence-electron chi connectivity index (χ0n) is 2.84. The van der Waals surface area contributed by atoms with Gasteiger partial charge in [-0.15, -0.1) is 0 Å². The smallest absolute Gasteiger partial charge is 1.00 e. The molecule has 0 saturated heterocycles. The summed E-state index contributed by atoms with van der Waals surface area (Å²) in [4.78, 5) is 0. The SMILES string of the molecule is Cl[SiH2]Cl.[Cl-].[H+]. The van der Waals surface area contributed by atoms with E-state index in [9.17, 15) is 0 Å². The summed E-state index contributed by atoms with van der Waals surface area (Å²) < 4.78 is 0. The molecule has 0 unspecified atom stereocenters. The van der Waals surface area contributed by atoms with Gasteiger partial charge < -0.3 is 12.4 Å². The minimum atomic E-state index is -0.639. The van der Waals surface area contributed by atoms with Gasteiger partial charge in [-0.25, -0.2) is 0 Å². The average molecular weight is 137 g/mol. The lowest BCUT2D eigenvalue weighted by Crippen LogP contribution is -3.00. The average Bonchev–Trinajstić information content (AvgIpc) is 0.918. The molecule has 0 N–H and O–H groups in total. The molecule has 0 spiro atoms. The standard InChI is InChI=1S/Cl2H2Si.ClH/c1-3-2;/h3H2;1H. The molecule has 0 fully saturated rings. The van der Waals surface area contributed by atoms with Gasteiger partial charge >= 0.3 is 1.43 Å². The largest absolute Gasteiger partial charge is 1.00 e. The van der Waals surface area contributed by atoms with E-state index in [0.29, 0.717) is 0 Å². The Morgan fingerprint density at radius 2 is 1.50 bits per heavy atom. The van der Waals surface area contributed by atoms with E-state index in [0.717, 1.165) is 0 Å². The van der Waals surface area contributed by atoms with E-state index < -0.39 is 8.14 Å². The first-order valence-corrected chi connectivity index (χ1v) is 4.81. The van der Waals surface area contributed by atoms with Gasteiger partial charge in [-0.3, -0.25) is 0 Å². The Hall–Kier alpha value is 1.09. The van der Waals surface area contributed by atoms with Crippen molar-refractivity contribution in [1.29, 1.82) is 0 Å². The van der Waals surface area contributed by atoms with Crippen LogP contribution in [0.5, 0.6) is 0 Å². The van der Waals surface area contributed by atoms with Crippen LogP contribution in [0.3, 0.4) is 0 Å². The molecule has 0 aliphatic rings. The van der Waals surface area contributed by atoms with Crippen LogP contribution >= 0.6 is 22.2 Å². The van der Waals surface area contributed by atoms with E-state index in [1.807, 2.05) is 0 Å². The number of hydrogen-bond donors (Lipinski definition) is 0. The van der Waals surface area contributed by atoms with Crippen molar-refractivity contribution in [3.63, 3.8) is 0 Å². The molecular weight excluding hydrogens is 134 g/mol. The van der Waals surface area contributed by atoms with Crippen LogP contribution in [0.2, 0.25) is 0 Å². The zero-order chi connectivity index (χ0) is 2.71. The normalized spacial score (nSPS) is 4.50. The van der Waals surface area contributed by atoms with Crippen molar-refractivity contribution in [2.45, 2.75) is 0 Å². The van der Waals surface area contributed by atoms with Crippen molar-refractivity contribution >= 4 is 30.3 Å². The molecule has 0 radical (unpaired) electrons. The second-order valence-electron chi connectivity index (χ2n) is 0.101. The summed E-state index contributed by atoms with van der Waals surface area (Å²) in [5.41, 5.74) is 0. The molecule has 4 heavy (non-hydrogen) atoms. The first-order valence-electron chi connectivity index (χ1n) is 0.535. The lowest BCUT2D eigenvalue weighted by Gasteiger charge is -1.39. The van der Waals surface area contributed by atoms with Crippen LogP contribution in [0.15, 0.2) is 0 Å². The molecule has 0 nitrogen and oxygen atoms in total. The Morgan fingerprint density at radius 3 is 1.50 bits per heavy atom. The van der Waals surface area contributed by atoms with Crippen LogP contribution in [0.25, 0.3) is 0 Å². The Bertz CT molecular complexity index is 6.85. The molecule has 0 aromatic rings. The summed E-state index contributed by atoms with van der Waals surface area (Å²) in [5, 5.41) is 0. The molecule has 0 atom stereocenters. The second kappa shape index (κ2) is 8.94. The van der Waals surface area contributed by atoms with Crippen LogP contribution in [0.1, 0.15) is 1.43 Å². The third kappa shape index (κ3) is 11.4. The molecule has 0 rings (SSSR count). The Labute approximate surface area is 44.6 Å². The van der Waals surface area contributed by atoms with Gasteiger partial charge in [-0.05, 0) is 0 Å². The first-order chi connectivity index (χ1) is 1.41. The lowest BCUT2D eigenvalue weighted by molar-refractivity contribution is -0.000000422. The predicted molar refractivity (Wildman–Crippen MR) is 21.4 cm³/mol. The fraction of sp³-hybridized carbons (Fsp3) is 0. The molecule has 0 aromatic heterocycles. The summed E-state index contributed by atoms with van der Waals surface area (Å²) in [6, 6.07) is 0. The van der Waals surface area contributed by atoms with Gasteiger partial charge in [0.15, 0.2) is 0 Å². The number of halogens is 3. The summed E-state index contributed by atoms with van der Waals surface area (Å²) in [5.74, 6) is 0. The molecule has 4 heteroatoms. The van der Waals surface area contributed by atoms with Gasteiger partial charge in [-0.2, -0.15) is 22.2 Å². The van der Waals surface area contributed by atoms with Crippen molar-refractivity contribution in [1.82, 2.24) is 0 Å². The molecule has 0 aliphatic carbocycles. The highest BCUT2D eigenvalue weighted by molar-refractivity contribution is 7.22. The zero-order valence-corrected chi connectivity index (χ0v) is 5.52. The molecule has 0 amide bonds.